The molecule has 2 N–H and O–H groups in total. The molecular formula is C5H9NO4. The predicted molar refractivity (Wildman–Crippen MR) is 34.3 cm³/mol. The van der Waals surface area contributed by atoms with Gasteiger partial charge in [-0.25, -0.2) is 4.79 Å². The number of aliphatic carboxylic acids is 1. The Hall–Kier alpha value is -1.39. The van der Waals surface area contributed by atoms with Crippen molar-refractivity contribution in [3.8, 4) is 0 Å². The van der Waals surface area contributed by atoms with E-state index in [-0.39, 0.29) is 5.78 Å². The number of carbonyl (C=O) groups excluding carboxylic acids is 1. The van der Waals surface area contributed by atoms with Crippen molar-refractivity contribution >= 4 is 18.0 Å². The van der Waals surface area contributed by atoms with Crippen molar-refractivity contribution in [2.75, 3.05) is 0 Å². The number of hydrogen-bond acceptors (Lipinski definition) is 4. The summed E-state index contributed by atoms with van der Waals surface area (Å²) in [5.74, 6) is -1.09. The summed E-state index contributed by atoms with van der Waals surface area (Å²) < 4.78 is 0. The maximum absolute atomic E-state index is 9.44. The number of carboxylic acids is 1. The number of carboxylic acid groups (broad SMARTS) is 1. The fourth-order valence-corrected chi connectivity index (χ4v) is 0.0494. The maximum atomic E-state index is 9.44. The van der Waals surface area contributed by atoms with Crippen molar-refractivity contribution in [2.45, 2.75) is 13.8 Å². The van der Waals surface area contributed by atoms with Crippen LogP contribution >= 0.6 is 0 Å². The molecule has 0 aliphatic carbocycles. The third-order valence-electron chi connectivity index (χ3n) is 0.168. The van der Waals surface area contributed by atoms with Crippen molar-refractivity contribution in [1.29, 1.82) is 0 Å². The predicted octanol–water partition coefficient (Wildman–Crippen LogP) is 0.126. The number of rotatable bonds is 1. The molecule has 0 aromatic heterocycles. The summed E-state index contributed by atoms with van der Waals surface area (Å²) in [6.07, 6.45) is 0.389. The Labute approximate surface area is 58.0 Å². The van der Waals surface area contributed by atoms with Gasteiger partial charge in [-0.1, -0.05) is 5.16 Å². The van der Waals surface area contributed by atoms with E-state index in [0.717, 1.165) is 0 Å². The van der Waals surface area contributed by atoms with Gasteiger partial charge >= 0.3 is 5.97 Å². The molecule has 0 amide bonds. The van der Waals surface area contributed by atoms with E-state index >= 15 is 0 Å². The van der Waals surface area contributed by atoms with E-state index in [1.54, 1.807) is 0 Å². The van der Waals surface area contributed by atoms with Gasteiger partial charge < -0.3 is 15.1 Å². The van der Waals surface area contributed by atoms with Gasteiger partial charge in [-0.15, -0.1) is 0 Å². The summed E-state index contributed by atoms with van der Waals surface area (Å²) in [5, 5.41) is 17.2. The lowest BCUT2D eigenvalue weighted by Gasteiger charge is -1.67. The molecule has 0 radical (unpaired) electrons. The zero-order chi connectivity index (χ0) is 8.57. The average molecular weight is 147 g/mol. The van der Waals surface area contributed by atoms with Crippen LogP contribution in [0.25, 0.3) is 0 Å². The summed E-state index contributed by atoms with van der Waals surface area (Å²) >= 11 is 0. The minimum Gasteiger partial charge on any atom is -0.477 e. The minimum atomic E-state index is -1.25. The van der Waals surface area contributed by atoms with Gasteiger partial charge in [0, 0.05) is 0 Å². The molecule has 0 aromatic carbocycles. The van der Waals surface area contributed by atoms with Crippen LogP contribution in [0.5, 0.6) is 0 Å². The molecule has 0 rings (SSSR count). The smallest absolute Gasteiger partial charge is 0.350 e. The van der Waals surface area contributed by atoms with E-state index < -0.39 is 5.97 Å². The van der Waals surface area contributed by atoms with Crippen LogP contribution in [0.4, 0.5) is 0 Å². The van der Waals surface area contributed by atoms with E-state index in [0.29, 0.717) is 6.21 Å². The lowest BCUT2D eigenvalue weighted by Crippen LogP contribution is -1.93. The van der Waals surface area contributed by atoms with Crippen LogP contribution in [0.1, 0.15) is 13.8 Å². The molecule has 5 nitrogen and oxygen atoms in total. The van der Waals surface area contributed by atoms with Gasteiger partial charge in [-0.3, -0.25) is 0 Å². The number of ketones is 1. The molecule has 58 valence electrons. The molecule has 0 spiro atoms. The highest BCUT2D eigenvalue weighted by molar-refractivity contribution is 6.21. The first kappa shape index (κ1) is 11.4. The zero-order valence-corrected chi connectivity index (χ0v) is 5.74. The summed E-state index contributed by atoms with van der Waals surface area (Å²) in [7, 11) is 0. The quantitative estimate of drug-likeness (QED) is 0.313. The standard InChI is InChI=1S/C3H6O.C2H3NO3/c1-3(2)4;4-2(5)1-3-6/h1-2H3;1,6H,(H,4,5). The molecule has 0 atom stereocenters. The van der Waals surface area contributed by atoms with E-state index in [9.17, 15) is 9.59 Å². The SMILES string of the molecule is CC(C)=O.O=C(O)C=NO. The second kappa shape index (κ2) is 7.61. The molecule has 0 bridgehead atoms. The largest absolute Gasteiger partial charge is 0.477 e. The molecule has 0 heterocycles. The van der Waals surface area contributed by atoms with Gasteiger partial charge in [0.15, 0.2) is 6.21 Å². The second-order valence-electron chi connectivity index (χ2n) is 1.49. The Morgan fingerprint density at radius 3 is 1.70 bits per heavy atom. The highest BCUT2D eigenvalue weighted by atomic mass is 16.4. The third-order valence-corrected chi connectivity index (χ3v) is 0.168. The molecule has 0 fully saturated rings. The Balaban J connectivity index is 0. The molecule has 0 unspecified atom stereocenters. The number of oxime groups is 1. The lowest BCUT2D eigenvalue weighted by molar-refractivity contribution is -0.129. The molecule has 0 aromatic rings. The zero-order valence-electron chi connectivity index (χ0n) is 5.74. The first-order valence-electron chi connectivity index (χ1n) is 2.38. The van der Waals surface area contributed by atoms with Gasteiger partial charge in [0.05, 0.1) is 0 Å². The first-order chi connectivity index (χ1) is 4.50. The first-order valence-corrected chi connectivity index (χ1v) is 2.38. The Morgan fingerprint density at radius 2 is 1.70 bits per heavy atom. The Bertz CT molecular complexity index is 137. The lowest BCUT2D eigenvalue weighted by atomic mass is 10.6. The van der Waals surface area contributed by atoms with Gasteiger partial charge in [0.25, 0.3) is 0 Å². The van der Waals surface area contributed by atoms with Gasteiger partial charge in [0.1, 0.15) is 5.78 Å². The van der Waals surface area contributed by atoms with Crippen LogP contribution < -0.4 is 0 Å². The Morgan fingerprint density at radius 1 is 1.40 bits per heavy atom. The van der Waals surface area contributed by atoms with Crippen molar-refractivity contribution in [3.05, 3.63) is 0 Å². The van der Waals surface area contributed by atoms with Crippen LogP contribution in [-0.4, -0.2) is 28.3 Å². The summed E-state index contributed by atoms with van der Waals surface area (Å²) in [5.41, 5.74) is 0. The van der Waals surface area contributed by atoms with Crippen LogP contribution in [0, 0.1) is 0 Å². The van der Waals surface area contributed by atoms with Crippen molar-refractivity contribution in [3.63, 3.8) is 0 Å². The van der Waals surface area contributed by atoms with E-state index in [2.05, 4.69) is 5.16 Å². The summed E-state index contributed by atoms with van der Waals surface area (Å²) in [4.78, 5) is 18.7. The molecule has 0 saturated carbocycles. The van der Waals surface area contributed by atoms with E-state index in [1.807, 2.05) is 0 Å². The number of Topliss-reactive ketones (excluding diaryl/α,β-unsaturated/α-hetero) is 1. The Kier molecular flexibility index (Phi) is 8.68. The van der Waals surface area contributed by atoms with Gasteiger partial charge in [-0.05, 0) is 13.8 Å². The van der Waals surface area contributed by atoms with E-state index in [4.69, 9.17) is 10.3 Å². The number of hydrogen-bond donors (Lipinski definition) is 2. The minimum absolute atomic E-state index is 0.167. The van der Waals surface area contributed by atoms with Crippen LogP contribution in [0.3, 0.4) is 0 Å². The molecule has 10 heavy (non-hydrogen) atoms. The molecule has 5 heteroatoms. The average Bonchev–Trinajstić information content (AvgIpc) is 1.62. The van der Waals surface area contributed by atoms with Crippen LogP contribution in [0.2, 0.25) is 0 Å². The van der Waals surface area contributed by atoms with E-state index in [1.165, 1.54) is 13.8 Å². The number of carbonyl (C=O) groups is 2. The van der Waals surface area contributed by atoms with Gasteiger partial charge in [0.2, 0.25) is 0 Å². The maximum Gasteiger partial charge on any atom is 0.350 e. The highest BCUT2D eigenvalue weighted by Crippen LogP contribution is 1.50. The second-order valence-corrected chi connectivity index (χ2v) is 1.49. The molecule has 0 saturated heterocycles. The topological polar surface area (TPSA) is 87.0 Å². The van der Waals surface area contributed by atoms with Crippen molar-refractivity contribution < 1.29 is 19.9 Å². The fourth-order valence-electron chi connectivity index (χ4n) is 0.0494. The van der Waals surface area contributed by atoms with Gasteiger partial charge in [-0.2, -0.15) is 0 Å². The monoisotopic (exact) mass is 147 g/mol. The molecule has 0 aliphatic rings. The van der Waals surface area contributed by atoms with Crippen molar-refractivity contribution in [1.82, 2.24) is 0 Å². The summed E-state index contributed by atoms with van der Waals surface area (Å²) in [6.45, 7) is 3.06. The third kappa shape index (κ3) is 80.3. The summed E-state index contributed by atoms with van der Waals surface area (Å²) in [6, 6.07) is 0. The van der Waals surface area contributed by atoms with Crippen molar-refractivity contribution in [2.24, 2.45) is 5.16 Å². The molecular weight excluding hydrogens is 138 g/mol. The van der Waals surface area contributed by atoms with Crippen LogP contribution in [-0.2, 0) is 9.59 Å². The normalized spacial score (nSPS) is 8.20. The fraction of sp³-hybridized carbons (Fsp3) is 0.400. The highest BCUT2D eigenvalue weighted by Gasteiger charge is 1.80. The molecule has 0 aliphatic heterocycles. The van der Waals surface area contributed by atoms with Crippen LogP contribution in [0.15, 0.2) is 5.16 Å². The number of nitrogens with zero attached hydrogens (tertiary/aromatic N) is 1.